The molecule has 0 nitrogen and oxygen atoms in total. The maximum absolute atomic E-state index is 2.52. The van der Waals surface area contributed by atoms with Crippen LogP contribution in [0.5, 0.6) is 0 Å². The average Bonchev–Trinajstić information content (AvgIpc) is 2.58. The van der Waals surface area contributed by atoms with Gasteiger partial charge in [-0.2, -0.15) is 0 Å². The van der Waals surface area contributed by atoms with Gasteiger partial charge in [-0.1, -0.05) is 0 Å². The molecule has 0 N–H and O–H groups in total. The molecular formula is C21H34Sn. The summed E-state index contributed by atoms with van der Waals surface area (Å²) in [5.74, 6) is 0. The van der Waals surface area contributed by atoms with Crippen LogP contribution >= 0.6 is 0 Å². The second kappa shape index (κ2) is 11.1. The first-order chi connectivity index (χ1) is 10.7. The SMILES string of the molecule is C/C=[C](\C=C/CC)[Sn]([CH2]CCC)([CH2]CCC)[c]1ccccc1. The van der Waals surface area contributed by atoms with Crippen molar-refractivity contribution in [2.24, 2.45) is 0 Å². The number of hydrogen-bond acceptors (Lipinski definition) is 0. The van der Waals surface area contributed by atoms with E-state index in [-0.39, 0.29) is 0 Å². The molecule has 0 aliphatic heterocycles. The maximum atomic E-state index is 2.47. The van der Waals surface area contributed by atoms with E-state index in [1.165, 1.54) is 34.6 Å². The van der Waals surface area contributed by atoms with Crippen LogP contribution in [0.3, 0.4) is 0 Å². The van der Waals surface area contributed by atoms with Crippen LogP contribution in [-0.2, 0) is 0 Å². The molecule has 0 fully saturated rings. The summed E-state index contributed by atoms with van der Waals surface area (Å²) in [5, 5.41) is 0. The first-order valence-corrected chi connectivity index (χ1v) is 16.0. The normalized spacial score (nSPS) is 13.0. The summed E-state index contributed by atoms with van der Waals surface area (Å²) in [6, 6.07) is 11.5. The fourth-order valence-corrected chi connectivity index (χ4v) is 19.0. The van der Waals surface area contributed by atoms with Crippen molar-refractivity contribution in [2.75, 3.05) is 0 Å². The number of unbranched alkanes of at least 4 members (excludes halogenated alkanes) is 2. The zero-order valence-electron chi connectivity index (χ0n) is 15.1. The average molecular weight is 405 g/mol. The van der Waals surface area contributed by atoms with Crippen molar-refractivity contribution >= 4 is 22.0 Å². The van der Waals surface area contributed by atoms with Gasteiger partial charge in [0.05, 0.1) is 0 Å². The molecular weight excluding hydrogens is 371 g/mol. The summed E-state index contributed by atoms with van der Waals surface area (Å²) in [6.45, 7) is 9.15. The molecule has 0 unspecified atom stereocenters. The van der Waals surface area contributed by atoms with Crippen molar-refractivity contribution in [1.82, 2.24) is 0 Å². The Morgan fingerprint density at radius 1 is 0.955 bits per heavy atom. The molecule has 1 rings (SSSR count). The van der Waals surface area contributed by atoms with Crippen molar-refractivity contribution in [1.29, 1.82) is 0 Å². The second-order valence-electron chi connectivity index (χ2n) is 6.21. The molecule has 0 spiro atoms. The molecule has 0 heterocycles. The molecule has 0 amide bonds. The van der Waals surface area contributed by atoms with Gasteiger partial charge in [0.1, 0.15) is 0 Å². The van der Waals surface area contributed by atoms with Crippen LogP contribution in [0, 0.1) is 0 Å². The fourth-order valence-electron chi connectivity index (χ4n) is 3.36. The second-order valence-corrected chi connectivity index (χ2v) is 18.5. The predicted molar refractivity (Wildman–Crippen MR) is 104 cm³/mol. The van der Waals surface area contributed by atoms with Gasteiger partial charge in [-0.05, 0) is 0 Å². The Balaban J connectivity index is 3.32. The fraction of sp³-hybridized carbons (Fsp3) is 0.524. The third kappa shape index (κ3) is 5.29. The monoisotopic (exact) mass is 406 g/mol. The summed E-state index contributed by atoms with van der Waals surface area (Å²) < 4.78 is 6.34. The van der Waals surface area contributed by atoms with Gasteiger partial charge in [-0.25, -0.2) is 0 Å². The van der Waals surface area contributed by atoms with E-state index >= 15 is 0 Å². The third-order valence-corrected chi connectivity index (χ3v) is 20.1. The molecule has 1 heteroatoms. The summed E-state index contributed by atoms with van der Waals surface area (Å²) in [4.78, 5) is 0. The van der Waals surface area contributed by atoms with Crippen LogP contribution in [0.2, 0.25) is 8.87 Å². The minimum absolute atomic E-state index is 1.13. The Hall–Kier alpha value is -0.501. The van der Waals surface area contributed by atoms with E-state index in [4.69, 9.17) is 0 Å². The zero-order chi connectivity index (χ0) is 16.3. The van der Waals surface area contributed by atoms with Crippen molar-refractivity contribution < 1.29 is 0 Å². The van der Waals surface area contributed by atoms with E-state index < -0.39 is 18.4 Å². The molecule has 122 valence electrons. The topological polar surface area (TPSA) is 0 Å². The Morgan fingerprint density at radius 2 is 1.55 bits per heavy atom. The van der Waals surface area contributed by atoms with Crippen molar-refractivity contribution in [3.63, 3.8) is 0 Å². The molecule has 0 saturated carbocycles. The van der Waals surface area contributed by atoms with Gasteiger partial charge < -0.3 is 0 Å². The summed E-state index contributed by atoms with van der Waals surface area (Å²) >= 11 is -2.52. The Labute approximate surface area is 142 Å². The molecule has 0 aliphatic carbocycles. The van der Waals surface area contributed by atoms with Gasteiger partial charge in [-0.3, -0.25) is 0 Å². The summed E-state index contributed by atoms with van der Waals surface area (Å²) in [6.07, 6.45) is 13.8. The minimum atomic E-state index is -2.52. The van der Waals surface area contributed by atoms with Crippen LogP contribution in [0.1, 0.15) is 59.8 Å². The van der Waals surface area contributed by atoms with Gasteiger partial charge >= 0.3 is 143 Å². The van der Waals surface area contributed by atoms with Crippen molar-refractivity contribution in [3.05, 3.63) is 52.1 Å². The predicted octanol–water partition coefficient (Wildman–Crippen LogP) is 6.39. The van der Waals surface area contributed by atoms with Crippen LogP contribution in [-0.4, -0.2) is 18.4 Å². The van der Waals surface area contributed by atoms with E-state index in [1.54, 1.807) is 7.17 Å². The van der Waals surface area contributed by atoms with Crippen LogP contribution < -0.4 is 3.58 Å². The number of benzene rings is 1. The van der Waals surface area contributed by atoms with Gasteiger partial charge in [0.25, 0.3) is 0 Å². The van der Waals surface area contributed by atoms with Gasteiger partial charge in [0.15, 0.2) is 0 Å². The van der Waals surface area contributed by atoms with Crippen molar-refractivity contribution in [2.45, 2.75) is 68.7 Å². The molecule has 1 aromatic carbocycles. The molecule has 0 saturated heterocycles. The molecule has 22 heavy (non-hydrogen) atoms. The quantitative estimate of drug-likeness (QED) is 0.312. The van der Waals surface area contributed by atoms with E-state index in [2.05, 4.69) is 76.3 Å². The first-order valence-electron chi connectivity index (χ1n) is 9.14. The Kier molecular flexibility index (Phi) is 9.86. The van der Waals surface area contributed by atoms with Crippen LogP contribution in [0.25, 0.3) is 0 Å². The first kappa shape index (κ1) is 19.5. The molecule has 0 bridgehead atoms. The van der Waals surface area contributed by atoms with E-state index in [1.807, 2.05) is 0 Å². The molecule has 0 atom stereocenters. The van der Waals surface area contributed by atoms with E-state index in [9.17, 15) is 0 Å². The standard InChI is InChI=1S/C7H11.C6H5.2C4H9.Sn/c1-3-5-7-6-4-2;1-2-4-6-5-3-1;2*1-3-4-2;/h3,6-7H,4H2,1-2H3;1-5H;2*1,3-4H2,2H3;/b5-3?,7-6-;;;;. The van der Waals surface area contributed by atoms with Crippen molar-refractivity contribution in [3.8, 4) is 0 Å². The number of rotatable bonds is 10. The number of hydrogen-bond donors (Lipinski definition) is 0. The van der Waals surface area contributed by atoms with E-state index in [0.717, 1.165) is 6.42 Å². The molecule has 1 aromatic rings. The molecule has 0 aliphatic rings. The summed E-state index contributed by atoms with van der Waals surface area (Å²) in [7, 11) is 0. The Bertz CT molecular complexity index is 448. The van der Waals surface area contributed by atoms with Crippen LogP contribution in [0.4, 0.5) is 0 Å². The van der Waals surface area contributed by atoms with Gasteiger partial charge in [-0.15, -0.1) is 0 Å². The van der Waals surface area contributed by atoms with Crippen LogP contribution in [0.15, 0.2) is 52.1 Å². The van der Waals surface area contributed by atoms with Gasteiger partial charge in [0.2, 0.25) is 0 Å². The molecule has 0 radical (unpaired) electrons. The number of allylic oxidation sites excluding steroid dienone is 4. The third-order valence-electron chi connectivity index (χ3n) is 4.64. The zero-order valence-corrected chi connectivity index (χ0v) is 17.9. The molecule has 0 aromatic heterocycles. The van der Waals surface area contributed by atoms with Gasteiger partial charge in [0, 0.05) is 0 Å². The van der Waals surface area contributed by atoms with E-state index in [0.29, 0.717) is 0 Å². The Morgan fingerprint density at radius 3 is 2.00 bits per heavy atom. The summed E-state index contributed by atoms with van der Waals surface area (Å²) in [5.41, 5.74) is 0.